The van der Waals surface area contributed by atoms with Gasteiger partial charge in [0.25, 0.3) is 5.91 Å². The van der Waals surface area contributed by atoms with Gasteiger partial charge in [-0.1, -0.05) is 17.7 Å². The number of likely N-dealkylation sites (N-methyl/N-ethyl adjacent to an activating group) is 1. The van der Waals surface area contributed by atoms with Gasteiger partial charge in [0.1, 0.15) is 18.0 Å². The summed E-state index contributed by atoms with van der Waals surface area (Å²) in [6.07, 6.45) is -3.53. The number of alkyl halides is 4. The van der Waals surface area contributed by atoms with Gasteiger partial charge in [0, 0.05) is 13.6 Å². The van der Waals surface area contributed by atoms with Gasteiger partial charge >= 0.3 is 11.8 Å². The van der Waals surface area contributed by atoms with Gasteiger partial charge in [-0.25, -0.2) is 13.8 Å². The first kappa shape index (κ1) is 29.0. The molecule has 1 aliphatic carbocycles. The molecule has 1 aliphatic rings. The van der Waals surface area contributed by atoms with Crippen LogP contribution in [-0.2, 0) is 4.79 Å². The minimum absolute atomic E-state index is 0.0731. The minimum atomic E-state index is -4.63. The Morgan fingerprint density at radius 3 is 2.53 bits per heavy atom. The summed E-state index contributed by atoms with van der Waals surface area (Å²) in [5, 5.41) is 15.8. The second kappa shape index (κ2) is 11.0. The number of anilines is 2. The van der Waals surface area contributed by atoms with E-state index in [0.29, 0.717) is 17.5 Å². The number of halogens is 7. The Balaban J connectivity index is 2.06. The van der Waals surface area contributed by atoms with E-state index in [9.17, 15) is 36.6 Å². The van der Waals surface area contributed by atoms with E-state index in [0.717, 1.165) is 18.0 Å². The van der Waals surface area contributed by atoms with Crippen LogP contribution in [0.3, 0.4) is 0 Å². The zero-order valence-corrected chi connectivity index (χ0v) is 20.4. The van der Waals surface area contributed by atoms with Crippen LogP contribution >= 0.6 is 11.6 Å². The molecule has 9 nitrogen and oxygen atoms in total. The maximum Gasteiger partial charge on any atom is 0.346 e. The smallest absolute Gasteiger partial charge is 0.346 e. The molecule has 1 atom stereocenters. The normalized spacial score (nSPS) is 17.8. The summed E-state index contributed by atoms with van der Waals surface area (Å²) in [7, 11) is 1.11. The van der Waals surface area contributed by atoms with Gasteiger partial charge in [0.05, 0.1) is 17.1 Å². The Labute approximate surface area is 216 Å². The molecular weight excluding hydrogens is 548 g/mol. The number of aliphatic hydroxyl groups is 1. The molecule has 2 amide bonds. The summed E-state index contributed by atoms with van der Waals surface area (Å²) in [5.74, 6) is -14.6. The quantitative estimate of drug-likeness (QED) is 0.156. The monoisotopic (exact) mass is 567 g/mol. The first-order valence-electron chi connectivity index (χ1n) is 10.8. The van der Waals surface area contributed by atoms with E-state index in [-0.39, 0.29) is 17.4 Å². The largest absolute Gasteiger partial charge is 0.467 e. The van der Waals surface area contributed by atoms with E-state index in [2.05, 4.69) is 10.1 Å². The van der Waals surface area contributed by atoms with Gasteiger partial charge < -0.3 is 15.2 Å². The maximum atomic E-state index is 15.0. The number of nitrogens with one attached hydrogen (secondary N) is 1. The molecule has 1 aromatic carbocycles. The second-order valence-corrected chi connectivity index (χ2v) is 8.33. The summed E-state index contributed by atoms with van der Waals surface area (Å²) >= 11 is 5.87. The average Bonchev–Trinajstić information content (AvgIpc) is 2.86. The second-order valence-electron chi connectivity index (χ2n) is 7.92. The molecular formula is C22H20ClF6N5O4. The molecule has 1 fully saturated rings. The molecule has 38 heavy (non-hydrogen) atoms. The van der Waals surface area contributed by atoms with Crippen molar-refractivity contribution in [1.82, 2.24) is 9.88 Å². The lowest BCUT2D eigenvalue weighted by Gasteiger charge is -2.42. The number of benzene rings is 1. The Kier molecular flexibility index (Phi) is 8.41. The van der Waals surface area contributed by atoms with Gasteiger partial charge in [-0.3, -0.25) is 14.5 Å². The Hall–Kier alpha value is -3.59. The summed E-state index contributed by atoms with van der Waals surface area (Å²) in [6, 6.07) is 3.89. The summed E-state index contributed by atoms with van der Waals surface area (Å²) in [5.41, 5.74) is -1.38. The number of amides is 2. The molecule has 0 spiro atoms. The minimum Gasteiger partial charge on any atom is -0.467 e. The topological polar surface area (TPSA) is 107 Å². The number of carbonyl (C=O) groups excluding carboxylic acids is 2. The number of hydrazone groups is 1. The molecule has 0 bridgehead atoms. The number of nitrogens with zero attached hydrogens (tertiary/aromatic N) is 4. The van der Waals surface area contributed by atoms with Crippen molar-refractivity contribution < 1.29 is 45.8 Å². The number of para-hydroxylation sites is 1. The fraction of sp³-hybridized carbons (Fsp3) is 0.364. The number of amidine groups is 1. The highest BCUT2D eigenvalue weighted by Gasteiger charge is 2.73. The number of aromatic nitrogens is 1. The fourth-order valence-electron chi connectivity index (χ4n) is 3.31. The van der Waals surface area contributed by atoms with Crippen LogP contribution in [0.15, 0.2) is 29.4 Å². The van der Waals surface area contributed by atoms with Crippen molar-refractivity contribution in [3.05, 3.63) is 46.5 Å². The number of rotatable bonds is 9. The molecule has 2 aromatic rings. The number of hydrogen-bond donors (Lipinski definition) is 2. The lowest BCUT2D eigenvalue weighted by molar-refractivity contribution is -0.324. The standard InChI is InChI=1S/C22H20ClF6N5O4/c1-3-34(10-36)16(9-35)32-33(2)18-14(25)7-11(19(37)30-17-12(23)5-4-6-13(17)24)20(31-18)38-15-8-21(26,27)22(15,28)29/h4-7,10,15,35H,3,8-9H2,1-2H3,(H,30,37)/b32-16-. The average molecular weight is 568 g/mol. The first-order valence-corrected chi connectivity index (χ1v) is 11.2. The predicted octanol–water partition coefficient (Wildman–Crippen LogP) is 3.91. The van der Waals surface area contributed by atoms with Crippen molar-refractivity contribution in [2.75, 3.05) is 30.5 Å². The van der Waals surface area contributed by atoms with E-state index in [4.69, 9.17) is 16.3 Å². The molecule has 16 heteroatoms. The van der Waals surface area contributed by atoms with Gasteiger partial charge in [-0.2, -0.15) is 27.6 Å². The van der Waals surface area contributed by atoms with Crippen molar-refractivity contribution in [3.63, 3.8) is 0 Å². The number of hydrogen-bond acceptors (Lipinski definition) is 7. The van der Waals surface area contributed by atoms with E-state index in [1.54, 1.807) is 6.92 Å². The van der Waals surface area contributed by atoms with E-state index in [1.165, 1.54) is 12.1 Å². The highest BCUT2D eigenvalue weighted by molar-refractivity contribution is 6.34. The highest BCUT2D eigenvalue weighted by atomic mass is 35.5. The number of aliphatic hydroxyl groups excluding tert-OH is 1. The van der Waals surface area contributed by atoms with E-state index >= 15 is 4.39 Å². The van der Waals surface area contributed by atoms with Crippen LogP contribution in [-0.4, -0.2) is 71.3 Å². The van der Waals surface area contributed by atoms with Crippen molar-refractivity contribution >= 4 is 41.3 Å². The van der Waals surface area contributed by atoms with Crippen LogP contribution in [0.4, 0.5) is 37.8 Å². The third-order valence-corrected chi connectivity index (χ3v) is 5.78. The molecule has 1 aromatic heterocycles. The third-order valence-electron chi connectivity index (χ3n) is 5.47. The van der Waals surface area contributed by atoms with Gasteiger partial charge in [-0.15, -0.1) is 0 Å². The fourth-order valence-corrected chi connectivity index (χ4v) is 3.52. The van der Waals surface area contributed by atoms with Crippen molar-refractivity contribution in [1.29, 1.82) is 0 Å². The number of carbonyl (C=O) groups is 2. The van der Waals surface area contributed by atoms with E-state index in [1.807, 2.05) is 5.32 Å². The van der Waals surface area contributed by atoms with Crippen molar-refractivity contribution in [2.45, 2.75) is 31.3 Å². The number of pyridine rings is 1. The highest BCUT2D eigenvalue weighted by Crippen LogP contribution is 2.52. The SMILES string of the molecule is CCN(C=O)/C(CO)=N\N(C)c1nc(OC2CC(F)(F)C2(F)F)c(C(=O)Nc2c(F)cccc2Cl)cc1F. The van der Waals surface area contributed by atoms with Gasteiger partial charge in [0.15, 0.2) is 23.6 Å². The zero-order chi connectivity index (χ0) is 28.4. The zero-order valence-electron chi connectivity index (χ0n) is 19.7. The maximum absolute atomic E-state index is 15.0. The lowest BCUT2D eigenvalue weighted by atomic mass is 9.85. The summed E-state index contributed by atoms with van der Waals surface area (Å²) in [6.45, 7) is 0.854. The van der Waals surface area contributed by atoms with Gasteiger partial charge in [0.2, 0.25) is 12.3 Å². The van der Waals surface area contributed by atoms with Gasteiger partial charge in [-0.05, 0) is 25.1 Å². The molecule has 0 saturated heterocycles. The predicted molar refractivity (Wildman–Crippen MR) is 124 cm³/mol. The lowest BCUT2D eigenvalue weighted by Crippen LogP contribution is -2.64. The molecule has 0 radical (unpaired) electrons. The Morgan fingerprint density at radius 1 is 1.32 bits per heavy atom. The Bertz CT molecular complexity index is 1240. The summed E-state index contributed by atoms with van der Waals surface area (Å²) < 4.78 is 88.7. The molecule has 2 N–H and O–H groups in total. The molecule has 1 saturated carbocycles. The molecule has 1 unspecified atom stereocenters. The van der Waals surface area contributed by atoms with Crippen molar-refractivity contribution in [3.8, 4) is 5.88 Å². The number of ether oxygens (including phenoxy) is 1. The van der Waals surface area contributed by atoms with Crippen LogP contribution in [0, 0.1) is 11.6 Å². The van der Waals surface area contributed by atoms with Crippen molar-refractivity contribution in [2.24, 2.45) is 5.10 Å². The van der Waals surface area contributed by atoms with Crippen LogP contribution in [0.2, 0.25) is 5.02 Å². The molecule has 206 valence electrons. The van der Waals surface area contributed by atoms with Crippen LogP contribution in [0.1, 0.15) is 23.7 Å². The molecule has 0 aliphatic heterocycles. The molecule has 1 heterocycles. The molecule has 3 rings (SSSR count). The third kappa shape index (κ3) is 5.48. The van der Waals surface area contributed by atoms with Crippen LogP contribution in [0.5, 0.6) is 5.88 Å². The van der Waals surface area contributed by atoms with E-state index < -0.39 is 71.5 Å². The van der Waals surface area contributed by atoms with Crippen LogP contribution < -0.4 is 15.1 Å². The van der Waals surface area contributed by atoms with Crippen LogP contribution in [0.25, 0.3) is 0 Å². The Morgan fingerprint density at radius 2 is 2.00 bits per heavy atom. The summed E-state index contributed by atoms with van der Waals surface area (Å²) in [4.78, 5) is 28.7. The first-order chi connectivity index (χ1) is 17.8.